The third kappa shape index (κ3) is 3.21. The molecule has 3 heterocycles. The summed E-state index contributed by atoms with van der Waals surface area (Å²) in [5.74, 6) is 0.963. The number of nitrogens with zero attached hydrogens (tertiary/aromatic N) is 4. The number of ether oxygens (including phenoxy) is 1. The highest BCUT2D eigenvalue weighted by atomic mass is 16.5. The van der Waals surface area contributed by atoms with E-state index >= 15 is 0 Å². The van der Waals surface area contributed by atoms with Crippen LogP contribution in [0.4, 0.5) is 5.82 Å². The minimum Gasteiger partial charge on any atom is -0.383 e. The van der Waals surface area contributed by atoms with E-state index in [4.69, 9.17) is 4.74 Å². The molecule has 2 saturated heterocycles. The molecule has 1 aromatic rings. The van der Waals surface area contributed by atoms with Gasteiger partial charge in [-0.1, -0.05) is 0 Å². The second-order valence-electron chi connectivity index (χ2n) is 7.21. The van der Waals surface area contributed by atoms with Gasteiger partial charge in [-0.3, -0.25) is 4.79 Å². The second kappa shape index (κ2) is 7.01. The molecule has 3 rings (SSSR count). The van der Waals surface area contributed by atoms with Gasteiger partial charge in [0.1, 0.15) is 11.9 Å². The molecule has 0 bridgehead atoms. The number of hydrogen-bond acceptors (Lipinski definition) is 5. The number of likely N-dealkylation sites (tertiary alicyclic amines) is 1. The lowest BCUT2D eigenvalue weighted by Gasteiger charge is -2.39. The number of carbonyl (C=O) groups is 1. The van der Waals surface area contributed by atoms with E-state index in [1.165, 1.54) is 0 Å². The zero-order valence-corrected chi connectivity index (χ0v) is 15.3. The number of anilines is 1. The zero-order chi connectivity index (χ0) is 18.0. The molecule has 1 atom stereocenters. The summed E-state index contributed by atoms with van der Waals surface area (Å²) in [5.41, 5.74) is 2.22. The molecule has 0 saturated carbocycles. The van der Waals surface area contributed by atoms with Gasteiger partial charge in [-0.15, -0.1) is 0 Å². The molecule has 2 aliphatic rings. The molecule has 134 valence electrons. The first kappa shape index (κ1) is 17.7. The predicted octanol–water partition coefficient (Wildman–Crippen LogP) is 2.04. The lowest BCUT2D eigenvalue weighted by Crippen LogP contribution is -2.51. The molecular weight excluding hydrogens is 316 g/mol. The molecule has 25 heavy (non-hydrogen) atoms. The number of piperidine rings is 1. The van der Waals surface area contributed by atoms with Crippen molar-refractivity contribution in [3.8, 4) is 6.07 Å². The van der Waals surface area contributed by atoms with Gasteiger partial charge in [-0.2, -0.15) is 5.26 Å². The van der Waals surface area contributed by atoms with Gasteiger partial charge in [0, 0.05) is 39.0 Å². The van der Waals surface area contributed by atoms with Crippen LogP contribution in [0.1, 0.15) is 36.1 Å². The fraction of sp³-hybridized carbons (Fsp3) is 0.632. The Labute approximate surface area is 149 Å². The van der Waals surface area contributed by atoms with Crippen LogP contribution in [0.2, 0.25) is 0 Å². The molecule has 0 aliphatic carbocycles. The molecule has 0 N–H and O–H groups in total. The van der Waals surface area contributed by atoms with Crippen LogP contribution in [0.3, 0.4) is 0 Å². The van der Waals surface area contributed by atoms with E-state index in [0.29, 0.717) is 25.3 Å². The maximum atomic E-state index is 13.1. The van der Waals surface area contributed by atoms with Crippen LogP contribution >= 0.6 is 0 Å². The summed E-state index contributed by atoms with van der Waals surface area (Å²) in [4.78, 5) is 21.8. The normalized spacial score (nSPS) is 23.4. The van der Waals surface area contributed by atoms with Crippen molar-refractivity contribution in [2.24, 2.45) is 5.41 Å². The van der Waals surface area contributed by atoms with Crippen molar-refractivity contribution in [2.75, 3.05) is 44.8 Å². The van der Waals surface area contributed by atoms with Gasteiger partial charge in [-0.05, 0) is 44.7 Å². The third-order valence-corrected chi connectivity index (χ3v) is 5.61. The van der Waals surface area contributed by atoms with Crippen molar-refractivity contribution in [3.05, 3.63) is 22.9 Å². The topological polar surface area (TPSA) is 69.5 Å². The van der Waals surface area contributed by atoms with E-state index in [-0.39, 0.29) is 11.3 Å². The predicted molar refractivity (Wildman–Crippen MR) is 95.4 cm³/mol. The lowest BCUT2D eigenvalue weighted by molar-refractivity contribution is -0.145. The first-order chi connectivity index (χ1) is 12.0. The fourth-order valence-corrected chi connectivity index (χ4v) is 4.01. The van der Waals surface area contributed by atoms with Gasteiger partial charge < -0.3 is 14.5 Å². The number of rotatable bonds is 4. The van der Waals surface area contributed by atoms with Crippen molar-refractivity contribution < 1.29 is 9.53 Å². The summed E-state index contributed by atoms with van der Waals surface area (Å²) in [6, 6.07) is 4.16. The van der Waals surface area contributed by atoms with Crippen LogP contribution in [0, 0.1) is 30.6 Å². The number of aromatic nitrogens is 1. The zero-order valence-electron chi connectivity index (χ0n) is 15.3. The standard InChI is InChI=1S/C19H26N4O2/c1-14-11-16(12-20)17(21-15(14)2)23-8-6-19(13-23)5-4-7-22(18(19)24)9-10-25-3/h11H,4-10,13H2,1-3H3/t19-/m1/s1. The van der Waals surface area contributed by atoms with E-state index in [0.717, 1.165) is 49.4 Å². The number of pyridine rings is 1. The highest BCUT2D eigenvalue weighted by Gasteiger charge is 2.48. The van der Waals surface area contributed by atoms with E-state index in [1.54, 1.807) is 7.11 Å². The largest absolute Gasteiger partial charge is 0.383 e. The lowest BCUT2D eigenvalue weighted by atomic mass is 9.78. The molecule has 0 aromatic carbocycles. The van der Waals surface area contributed by atoms with Crippen LogP contribution in [0.25, 0.3) is 0 Å². The summed E-state index contributed by atoms with van der Waals surface area (Å²) in [6.07, 6.45) is 2.77. The van der Waals surface area contributed by atoms with Crippen LogP contribution in [0.15, 0.2) is 6.07 Å². The molecule has 0 radical (unpaired) electrons. The van der Waals surface area contributed by atoms with Crippen molar-refractivity contribution in [2.45, 2.75) is 33.1 Å². The highest BCUT2D eigenvalue weighted by molar-refractivity contribution is 5.85. The quantitative estimate of drug-likeness (QED) is 0.837. The molecule has 6 heteroatoms. The second-order valence-corrected chi connectivity index (χ2v) is 7.21. The van der Waals surface area contributed by atoms with Crippen molar-refractivity contribution >= 4 is 11.7 Å². The first-order valence-corrected chi connectivity index (χ1v) is 8.92. The van der Waals surface area contributed by atoms with Crippen LogP contribution in [-0.2, 0) is 9.53 Å². The Morgan fingerprint density at radius 2 is 2.16 bits per heavy atom. The Bertz CT molecular complexity index is 712. The maximum absolute atomic E-state index is 13.1. The molecule has 6 nitrogen and oxygen atoms in total. The van der Waals surface area contributed by atoms with E-state index in [9.17, 15) is 10.1 Å². The summed E-state index contributed by atoms with van der Waals surface area (Å²) in [7, 11) is 1.66. The maximum Gasteiger partial charge on any atom is 0.230 e. The number of nitriles is 1. The van der Waals surface area contributed by atoms with Crippen molar-refractivity contribution in [1.29, 1.82) is 5.26 Å². The molecule has 2 fully saturated rings. The average Bonchev–Trinajstić information content (AvgIpc) is 3.03. The Hall–Kier alpha value is -2.13. The Kier molecular flexibility index (Phi) is 4.96. The van der Waals surface area contributed by atoms with Gasteiger partial charge in [0.15, 0.2) is 0 Å². The van der Waals surface area contributed by atoms with Crippen molar-refractivity contribution in [1.82, 2.24) is 9.88 Å². The van der Waals surface area contributed by atoms with Crippen molar-refractivity contribution in [3.63, 3.8) is 0 Å². The van der Waals surface area contributed by atoms with Crippen LogP contribution in [0.5, 0.6) is 0 Å². The molecule has 1 aromatic heterocycles. The van der Waals surface area contributed by atoms with Gasteiger partial charge in [-0.25, -0.2) is 4.98 Å². The van der Waals surface area contributed by atoms with Gasteiger partial charge in [0.2, 0.25) is 5.91 Å². The minimum absolute atomic E-state index is 0.237. The van der Waals surface area contributed by atoms with Crippen LogP contribution < -0.4 is 4.90 Å². The third-order valence-electron chi connectivity index (χ3n) is 5.61. The Morgan fingerprint density at radius 3 is 2.88 bits per heavy atom. The summed E-state index contributed by atoms with van der Waals surface area (Å²) in [5, 5.41) is 9.48. The number of hydrogen-bond donors (Lipinski definition) is 0. The van der Waals surface area contributed by atoms with E-state index in [2.05, 4.69) is 16.0 Å². The summed E-state index contributed by atoms with van der Waals surface area (Å²) >= 11 is 0. The van der Waals surface area contributed by atoms with Crippen LogP contribution in [-0.4, -0.2) is 55.7 Å². The Balaban J connectivity index is 1.83. The summed E-state index contributed by atoms with van der Waals surface area (Å²) in [6.45, 7) is 7.40. The monoisotopic (exact) mass is 342 g/mol. The summed E-state index contributed by atoms with van der Waals surface area (Å²) < 4.78 is 5.14. The van der Waals surface area contributed by atoms with Gasteiger partial charge in [0.25, 0.3) is 0 Å². The number of methoxy groups -OCH3 is 1. The molecule has 1 spiro atoms. The smallest absolute Gasteiger partial charge is 0.230 e. The molecule has 0 unspecified atom stereocenters. The van der Waals surface area contributed by atoms with Gasteiger partial charge >= 0.3 is 0 Å². The number of amides is 1. The molecular formula is C19H26N4O2. The van der Waals surface area contributed by atoms with E-state index < -0.39 is 0 Å². The molecule has 1 amide bonds. The highest BCUT2D eigenvalue weighted by Crippen LogP contribution is 2.41. The Morgan fingerprint density at radius 1 is 1.36 bits per heavy atom. The number of aryl methyl sites for hydroxylation is 2. The number of carbonyl (C=O) groups excluding carboxylic acids is 1. The fourth-order valence-electron chi connectivity index (χ4n) is 4.01. The average molecular weight is 342 g/mol. The van der Waals surface area contributed by atoms with E-state index in [1.807, 2.05) is 24.8 Å². The molecule has 2 aliphatic heterocycles. The van der Waals surface area contributed by atoms with Gasteiger partial charge in [0.05, 0.1) is 17.6 Å². The first-order valence-electron chi connectivity index (χ1n) is 8.92. The minimum atomic E-state index is -0.334. The SMILES string of the molecule is COCCN1CCC[C@]2(CCN(c3nc(C)c(C)cc3C#N)C2)C1=O.